The molecule has 0 unspecified atom stereocenters. The molecule has 0 aromatic rings. The number of carbonyl (C=O) groups is 2. The molecule has 0 spiro atoms. The Balaban J connectivity index is 2.32. The van der Waals surface area contributed by atoms with Gasteiger partial charge in [0.15, 0.2) is 0 Å². The molecule has 0 aliphatic carbocycles. The van der Waals surface area contributed by atoms with Crippen molar-refractivity contribution in [3.8, 4) is 0 Å². The van der Waals surface area contributed by atoms with Gasteiger partial charge in [-0.25, -0.2) is 0 Å². The van der Waals surface area contributed by atoms with Crippen molar-refractivity contribution in [2.75, 3.05) is 25.4 Å². The van der Waals surface area contributed by atoms with E-state index in [1.54, 1.807) is 11.8 Å². The standard InChI is InChI=1S/C14H26N2O3S/c1-3-14(4-2,13(18)19)10-16-12(17)9-20-11-5-7-15-8-6-11/h11,15H,3-10H2,1-2H3,(H,16,17)(H,18,19). The van der Waals surface area contributed by atoms with E-state index in [0.29, 0.717) is 23.8 Å². The Morgan fingerprint density at radius 3 is 2.40 bits per heavy atom. The average molecular weight is 302 g/mol. The normalized spacial score (nSPS) is 16.9. The third-order valence-electron chi connectivity index (χ3n) is 4.17. The second-order valence-corrected chi connectivity index (χ2v) is 6.62. The Labute approximate surface area is 125 Å². The van der Waals surface area contributed by atoms with Gasteiger partial charge < -0.3 is 15.7 Å². The Bertz CT molecular complexity index is 326. The van der Waals surface area contributed by atoms with Crippen LogP contribution >= 0.6 is 11.8 Å². The second-order valence-electron chi connectivity index (χ2n) is 5.33. The van der Waals surface area contributed by atoms with Crippen molar-refractivity contribution in [1.82, 2.24) is 10.6 Å². The molecular formula is C14H26N2O3S. The average Bonchev–Trinajstić information content (AvgIpc) is 2.47. The summed E-state index contributed by atoms with van der Waals surface area (Å²) in [6, 6.07) is 0. The van der Waals surface area contributed by atoms with Gasteiger partial charge in [0.25, 0.3) is 0 Å². The molecule has 1 saturated heterocycles. The molecule has 1 aliphatic rings. The summed E-state index contributed by atoms with van der Waals surface area (Å²) in [4.78, 5) is 23.2. The highest BCUT2D eigenvalue weighted by Gasteiger charge is 2.35. The van der Waals surface area contributed by atoms with E-state index in [2.05, 4.69) is 10.6 Å². The number of carboxylic acid groups (broad SMARTS) is 1. The van der Waals surface area contributed by atoms with E-state index in [-0.39, 0.29) is 12.5 Å². The highest BCUT2D eigenvalue weighted by atomic mass is 32.2. The molecular weight excluding hydrogens is 276 g/mol. The molecule has 0 aromatic carbocycles. The lowest BCUT2D eigenvalue weighted by Gasteiger charge is -2.27. The van der Waals surface area contributed by atoms with Gasteiger partial charge in [0.2, 0.25) is 5.91 Å². The zero-order chi connectivity index (χ0) is 15.0. The van der Waals surface area contributed by atoms with Crippen LogP contribution in [-0.4, -0.2) is 47.6 Å². The number of carboxylic acids is 1. The van der Waals surface area contributed by atoms with Crippen molar-refractivity contribution >= 4 is 23.6 Å². The summed E-state index contributed by atoms with van der Waals surface area (Å²) in [5.74, 6) is -0.455. The molecule has 0 bridgehead atoms. The number of nitrogens with one attached hydrogen (secondary N) is 2. The van der Waals surface area contributed by atoms with Crippen molar-refractivity contribution in [3.63, 3.8) is 0 Å². The van der Waals surface area contributed by atoms with E-state index in [1.807, 2.05) is 13.8 Å². The van der Waals surface area contributed by atoms with Gasteiger partial charge in [-0.2, -0.15) is 0 Å². The van der Waals surface area contributed by atoms with Crippen molar-refractivity contribution < 1.29 is 14.7 Å². The van der Waals surface area contributed by atoms with Crippen LogP contribution in [0, 0.1) is 5.41 Å². The highest BCUT2D eigenvalue weighted by Crippen LogP contribution is 2.26. The van der Waals surface area contributed by atoms with Gasteiger partial charge in [0.1, 0.15) is 0 Å². The molecule has 116 valence electrons. The minimum Gasteiger partial charge on any atom is -0.481 e. The summed E-state index contributed by atoms with van der Waals surface area (Å²) in [6.07, 6.45) is 3.25. The largest absolute Gasteiger partial charge is 0.481 e. The lowest BCUT2D eigenvalue weighted by atomic mass is 9.82. The zero-order valence-corrected chi connectivity index (χ0v) is 13.2. The van der Waals surface area contributed by atoms with Gasteiger partial charge in [-0.15, -0.1) is 11.8 Å². The fourth-order valence-corrected chi connectivity index (χ4v) is 3.41. The summed E-state index contributed by atoms with van der Waals surface area (Å²) in [5, 5.41) is 15.9. The first kappa shape index (κ1) is 17.3. The summed E-state index contributed by atoms with van der Waals surface area (Å²) in [7, 11) is 0. The van der Waals surface area contributed by atoms with Crippen LogP contribution in [0.5, 0.6) is 0 Å². The monoisotopic (exact) mass is 302 g/mol. The van der Waals surface area contributed by atoms with Gasteiger partial charge in [0, 0.05) is 11.8 Å². The summed E-state index contributed by atoms with van der Waals surface area (Å²) in [5.41, 5.74) is -0.824. The maximum Gasteiger partial charge on any atom is 0.311 e. The molecule has 1 fully saturated rings. The minimum absolute atomic E-state index is 0.0546. The maximum absolute atomic E-state index is 11.8. The summed E-state index contributed by atoms with van der Waals surface area (Å²) >= 11 is 1.68. The fraction of sp³-hybridized carbons (Fsp3) is 0.857. The minimum atomic E-state index is -0.825. The summed E-state index contributed by atoms with van der Waals surface area (Å²) in [6.45, 7) is 5.97. The molecule has 0 aromatic heterocycles. The third kappa shape index (κ3) is 4.98. The van der Waals surface area contributed by atoms with Gasteiger partial charge in [-0.1, -0.05) is 13.8 Å². The summed E-state index contributed by atoms with van der Waals surface area (Å²) < 4.78 is 0. The third-order valence-corrected chi connectivity index (χ3v) is 5.54. The van der Waals surface area contributed by atoms with Gasteiger partial charge in [0.05, 0.1) is 11.2 Å². The predicted molar refractivity (Wildman–Crippen MR) is 82.0 cm³/mol. The predicted octanol–water partition coefficient (Wildman–Crippen LogP) is 1.48. The second kappa shape index (κ2) is 8.52. The van der Waals surface area contributed by atoms with E-state index in [0.717, 1.165) is 25.9 Å². The van der Waals surface area contributed by atoms with Crippen LogP contribution < -0.4 is 10.6 Å². The Morgan fingerprint density at radius 1 is 1.30 bits per heavy atom. The number of piperidine rings is 1. The van der Waals surface area contributed by atoms with Crippen LogP contribution in [0.1, 0.15) is 39.5 Å². The molecule has 0 saturated carbocycles. The lowest BCUT2D eigenvalue weighted by Crippen LogP contribution is -2.43. The molecule has 5 nitrogen and oxygen atoms in total. The molecule has 6 heteroatoms. The zero-order valence-electron chi connectivity index (χ0n) is 12.4. The van der Waals surface area contributed by atoms with E-state index in [1.165, 1.54) is 0 Å². The SMILES string of the molecule is CCC(CC)(CNC(=O)CSC1CCNCC1)C(=O)O. The van der Waals surface area contributed by atoms with Gasteiger partial charge in [-0.05, 0) is 38.8 Å². The number of hydrogen-bond acceptors (Lipinski definition) is 4. The van der Waals surface area contributed by atoms with Gasteiger partial charge >= 0.3 is 5.97 Å². The van der Waals surface area contributed by atoms with Crippen LogP contribution in [-0.2, 0) is 9.59 Å². The molecule has 3 N–H and O–H groups in total. The lowest BCUT2D eigenvalue weighted by molar-refractivity contribution is -0.149. The van der Waals surface area contributed by atoms with Crippen LogP contribution in [0.25, 0.3) is 0 Å². The molecule has 1 heterocycles. The highest BCUT2D eigenvalue weighted by molar-refractivity contribution is 8.00. The molecule has 1 aliphatic heterocycles. The van der Waals surface area contributed by atoms with Gasteiger partial charge in [-0.3, -0.25) is 9.59 Å². The first-order chi connectivity index (χ1) is 9.54. The fourth-order valence-electron chi connectivity index (χ4n) is 2.35. The quantitative estimate of drug-likeness (QED) is 0.633. The number of aliphatic carboxylic acids is 1. The van der Waals surface area contributed by atoms with Crippen molar-refractivity contribution in [2.45, 2.75) is 44.8 Å². The number of carbonyl (C=O) groups excluding carboxylic acids is 1. The van der Waals surface area contributed by atoms with Crippen molar-refractivity contribution in [2.24, 2.45) is 5.41 Å². The molecule has 1 rings (SSSR count). The molecule has 0 atom stereocenters. The number of rotatable bonds is 8. The smallest absolute Gasteiger partial charge is 0.311 e. The molecule has 1 amide bonds. The van der Waals surface area contributed by atoms with Crippen LogP contribution in [0.2, 0.25) is 0 Å². The topological polar surface area (TPSA) is 78.4 Å². The van der Waals surface area contributed by atoms with Crippen LogP contribution in [0.3, 0.4) is 0 Å². The Kier molecular flexibility index (Phi) is 7.37. The first-order valence-corrected chi connectivity index (χ1v) is 8.41. The van der Waals surface area contributed by atoms with Crippen LogP contribution in [0.4, 0.5) is 0 Å². The van der Waals surface area contributed by atoms with Crippen molar-refractivity contribution in [3.05, 3.63) is 0 Å². The number of hydrogen-bond donors (Lipinski definition) is 3. The Morgan fingerprint density at radius 2 is 1.90 bits per heavy atom. The van der Waals surface area contributed by atoms with E-state index < -0.39 is 11.4 Å². The number of thioether (sulfide) groups is 1. The molecule has 0 radical (unpaired) electrons. The van der Waals surface area contributed by atoms with E-state index in [9.17, 15) is 14.7 Å². The van der Waals surface area contributed by atoms with E-state index in [4.69, 9.17) is 0 Å². The maximum atomic E-state index is 11.8. The van der Waals surface area contributed by atoms with Crippen LogP contribution in [0.15, 0.2) is 0 Å². The Hall–Kier alpha value is -0.750. The first-order valence-electron chi connectivity index (χ1n) is 7.36. The van der Waals surface area contributed by atoms with E-state index >= 15 is 0 Å². The number of amides is 1. The van der Waals surface area contributed by atoms with Crippen molar-refractivity contribution in [1.29, 1.82) is 0 Å². The molecule has 20 heavy (non-hydrogen) atoms.